The summed E-state index contributed by atoms with van der Waals surface area (Å²) in [5, 5.41) is 3.60. The summed E-state index contributed by atoms with van der Waals surface area (Å²) in [6, 6.07) is 3.72. The van der Waals surface area contributed by atoms with Crippen molar-refractivity contribution in [1.29, 1.82) is 0 Å². The average molecular weight is 256 g/mol. The number of aromatic nitrogens is 1. The van der Waals surface area contributed by atoms with Crippen molar-refractivity contribution in [1.82, 2.24) is 5.16 Å². The predicted octanol–water partition coefficient (Wildman–Crippen LogP) is 2.02. The Hall–Kier alpha value is -2.43. The van der Waals surface area contributed by atoms with Crippen LogP contribution in [0.4, 0.5) is 5.69 Å². The van der Waals surface area contributed by atoms with Gasteiger partial charge in [0.15, 0.2) is 0 Å². The van der Waals surface area contributed by atoms with Gasteiger partial charge in [-0.25, -0.2) is 0 Å². The minimum atomic E-state index is -0.495. The van der Waals surface area contributed by atoms with E-state index in [1.54, 1.807) is 12.3 Å². The molecule has 1 aliphatic rings. The summed E-state index contributed by atoms with van der Waals surface area (Å²) < 4.78 is 4.75. The maximum atomic E-state index is 12.1. The van der Waals surface area contributed by atoms with Crippen LogP contribution in [0, 0.1) is 13.8 Å². The monoisotopic (exact) mass is 256 g/mol. The molecule has 5 nitrogen and oxygen atoms in total. The van der Waals surface area contributed by atoms with E-state index in [0.29, 0.717) is 17.8 Å². The zero-order valence-corrected chi connectivity index (χ0v) is 10.6. The van der Waals surface area contributed by atoms with E-state index in [9.17, 15) is 9.59 Å². The zero-order valence-electron chi connectivity index (χ0n) is 10.6. The number of ketones is 1. The number of hydrogen-bond acceptors (Lipinski definition) is 4. The van der Waals surface area contributed by atoms with E-state index in [2.05, 4.69) is 5.16 Å². The van der Waals surface area contributed by atoms with Crippen molar-refractivity contribution in [3.63, 3.8) is 0 Å². The molecule has 3 rings (SSSR count). The van der Waals surface area contributed by atoms with E-state index < -0.39 is 11.7 Å². The third-order valence-corrected chi connectivity index (χ3v) is 3.22. The molecular weight excluding hydrogens is 244 g/mol. The summed E-state index contributed by atoms with van der Waals surface area (Å²) in [5.41, 5.74) is 3.84. The SMILES string of the molecule is Cc1cc(C)c2c(c1)C(=O)C(=O)N2Cc1cnoc1. The van der Waals surface area contributed by atoms with Crippen molar-refractivity contribution in [2.24, 2.45) is 0 Å². The number of carbonyl (C=O) groups excluding carboxylic acids is 2. The van der Waals surface area contributed by atoms with E-state index in [-0.39, 0.29) is 0 Å². The van der Waals surface area contributed by atoms with Crippen LogP contribution >= 0.6 is 0 Å². The van der Waals surface area contributed by atoms with Gasteiger partial charge in [0.1, 0.15) is 6.26 Å². The largest absolute Gasteiger partial charge is 0.364 e. The number of anilines is 1. The molecule has 0 spiro atoms. The molecule has 0 fully saturated rings. The Balaban J connectivity index is 2.09. The summed E-state index contributed by atoms with van der Waals surface area (Å²) in [7, 11) is 0. The Morgan fingerprint density at radius 3 is 2.74 bits per heavy atom. The van der Waals surface area contributed by atoms with Gasteiger partial charge in [0.25, 0.3) is 11.7 Å². The fourth-order valence-electron chi connectivity index (χ4n) is 2.47. The summed E-state index contributed by atoms with van der Waals surface area (Å²) in [6.45, 7) is 4.11. The molecule has 0 radical (unpaired) electrons. The van der Waals surface area contributed by atoms with Crippen molar-refractivity contribution in [2.75, 3.05) is 4.90 Å². The molecule has 0 bridgehead atoms. The molecule has 96 valence electrons. The molecule has 0 unspecified atom stereocenters. The number of amides is 1. The normalized spacial score (nSPS) is 14.1. The van der Waals surface area contributed by atoms with E-state index in [0.717, 1.165) is 16.7 Å². The van der Waals surface area contributed by atoms with Crippen molar-refractivity contribution in [3.05, 3.63) is 46.8 Å². The first-order valence-electron chi connectivity index (χ1n) is 5.93. The lowest BCUT2D eigenvalue weighted by atomic mass is 10.0. The van der Waals surface area contributed by atoms with E-state index in [4.69, 9.17) is 4.52 Å². The maximum Gasteiger partial charge on any atom is 0.299 e. The number of benzene rings is 1. The van der Waals surface area contributed by atoms with E-state index in [1.807, 2.05) is 19.9 Å². The molecule has 1 aromatic carbocycles. The second-order valence-electron chi connectivity index (χ2n) is 4.73. The Labute approximate surface area is 109 Å². The first-order valence-corrected chi connectivity index (χ1v) is 5.93. The number of nitrogens with zero attached hydrogens (tertiary/aromatic N) is 2. The third kappa shape index (κ3) is 1.74. The van der Waals surface area contributed by atoms with Crippen LogP contribution in [0.2, 0.25) is 0 Å². The van der Waals surface area contributed by atoms with Gasteiger partial charge in [-0.1, -0.05) is 11.2 Å². The van der Waals surface area contributed by atoms with Gasteiger partial charge in [0.05, 0.1) is 24.0 Å². The van der Waals surface area contributed by atoms with E-state index >= 15 is 0 Å². The predicted molar refractivity (Wildman–Crippen MR) is 67.9 cm³/mol. The van der Waals surface area contributed by atoms with Gasteiger partial charge in [-0.2, -0.15) is 0 Å². The minimum Gasteiger partial charge on any atom is -0.364 e. The van der Waals surface area contributed by atoms with Crippen LogP contribution in [0.1, 0.15) is 27.0 Å². The molecule has 5 heteroatoms. The third-order valence-electron chi connectivity index (χ3n) is 3.22. The van der Waals surface area contributed by atoms with Crippen molar-refractivity contribution in [2.45, 2.75) is 20.4 Å². The Morgan fingerprint density at radius 2 is 2.05 bits per heavy atom. The first-order chi connectivity index (χ1) is 9.08. The molecule has 1 amide bonds. The van der Waals surface area contributed by atoms with Crippen LogP contribution in [0.15, 0.2) is 29.1 Å². The molecule has 0 aliphatic carbocycles. The second kappa shape index (κ2) is 4.05. The number of rotatable bonds is 2. The molecule has 1 aliphatic heterocycles. The maximum absolute atomic E-state index is 12.1. The van der Waals surface area contributed by atoms with Gasteiger partial charge in [-0.15, -0.1) is 0 Å². The van der Waals surface area contributed by atoms with Crippen molar-refractivity contribution >= 4 is 17.4 Å². The summed E-state index contributed by atoms with van der Waals surface area (Å²) in [6.07, 6.45) is 3.01. The second-order valence-corrected chi connectivity index (χ2v) is 4.73. The highest BCUT2D eigenvalue weighted by Crippen LogP contribution is 2.34. The number of hydrogen-bond donors (Lipinski definition) is 0. The van der Waals surface area contributed by atoms with Crippen LogP contribution < -0.4 is 4.90 Å². The van der Waals surface area contributed by atoms with Crippen molar-refractivity contribution in [3.8, 4) is 0 Å². The fourth-order valence-corrected chi connectivity index (χ4v) is 2.47. The van der Waals surface area contributed by atoms with Gasteiger partial charge in [0, 0.05) is 5.56 Å². The standard InChI is InChI=1S/C14H12N2O3/c1-8-3-9(2)12-11(4-8)13(17)14(18)16(12)6-10-5-15-19-7-10/h3-5,7H,6H2,1-2H3. The minimum absolute atomic E-state index is 0.297. The van der Waals surface area contributed by atoms with Crippen LogP contribution in [-0.4, -0.2) is 16.8 Å². The quantitative estimate of drug-likeness (QED) is 0.771. The molecular formula is C14H12N2O3. The number of fused-ring (bicyclic) bond motifs is 1. The first kappa shape index (κ1) is 11.6. The molecule has 1 aromatic heterocycles. The highest BCUT2D eigenvalue weighted by molar-refractivity contribution is 6.52. The average Bonchev–Trinajstić information content (AvgIpc) is 2.93. The number of aryl methyl sites for hydroxylation is 2. The van der Waals surface area contributed by atoms with Gasteiger partial charge < -0.3 is 4.52 Å². The zero-order chi connectivity index (χ0) is 13.6. The highest BCUT2D eigenvalue weighted by Gasteiger charge is 2.37. The Morgan fingerprint density at radius 1 is 1.26 bits per heavy atom. The Bertz CT molecular complexity index is 674. The topological polar surface area (TPSA) is 63.4 Å². The highest BCUT2D eigenvalue weighted by atomic mass is 16.5. The van der Waals surface area contributed by atoms with Crippen molar-refractivity contribution < 1.29 is 14.1 Å². The lowest BCUT2D eigenvalue weighted by molar-refractivity contribution is -0.114. The van der Waals surface area contributed by atoms with Gasteiger partial charge in [-0.3, -0.25) is 14.5 Å². The molecule has 2 heterocycles. The number of Topliss-reactive ketones (excluding diaryl/α,β-unsaturated/α-hetero) is 1. The molecule has 2 aromatic rings. The number of carbonyl (C=O) groups is 2. The summed E-state index contributed by atoms with van der Waals surface area (Å²) in [4.78, 5) is 25.6. The van der Waals surface area contributed by atoms with Crippen LogP contribution in [0.25, 0.3) is 0 Å². The molecule has 19 heavy (non-hydrogen) atoms. The molecule has 0 saturated heterocycles. The Kier molecular flexibility index (Phi) is 2.48. The fraction of sp³-hybridized carbons (Fsp3) is 0.214. The van der Waals surface area contributed by atoms with Crippen LogP contribution in [-0.2, 0) is 11.3 Å². The van der Waals surface area contributed by atoms with Gasteiger partial charge in [-0.05, 0) is 31.0 Å². The molecule has 0 saturated carbocycles. The van der Waals surface area contributed by atoms with Gasteiger partial charge in [0.2, 0.25) is 0 Å². The molecule has 0 atom stereocenters. The lowest BCUT2D eigenvalue weighted by Crippen LogP contribution is -2.29. The van der Waals surface area contributed by atoms with Gasteiger partial charge >= 0.3 is 0 Å². The van der Waals surface area contributed by atoms with E-state index in [1.165, 1.54) is 11.2 Å². The lowest BCUT2D eigenvalue weighted by Gasteiger charge is -2.17. The smallest absolute Gasteiger partial charge is 0.299 e. The summed E-state index contributed by atoms with van der Waals surface area (Å²) >= 11 is 0. The van der Waals surface area contributed by atoms with Crippen LogP contribution in [0.5, 0.6) is 0 Å². The van der Waals surface area contributed by atoms with Crippen LogP contribution in [0.3, 0.4) is 0 Å². The summed E-state index contributed by atoms with van der Waals surface area (Å²) in [5.74, 6) is -0.942. The molecule has 0 N–H and O–H groups in total.